The smallest absolute Gasteiger partial charge is 0.246 e. The van der Waals surface area contributed by atoms with Crippen molar-refractivity contribution in [3.05, 3.63) is 0 Å². The summed E-state index contributed by atoms with van der Waals surface area (Å²) >= 11 is 0. The third-order valence-corrected chi connectivity index (χ3v) is 8.27. The van der Waals surface area contributed by atoms with E-state index in [-0.39, 0.29) is 19.3 Å². The first kappa shape index (κ1) is 34.4. The van der Waals surface area contributed by atoms with Crippen molar-refractivity contribution in [1.29, 1.82) is 0 Å². The SMILES string of the molecule is CCCCCCCCCCCC(CC(=O)NO[C@@H]1O[C@H](CO)[C@@H](O)[C@H](O)[C@H]1O)OCOCC[Si](C)(C)C. The van der Waals surface area contributed by atoms with E-state index in [0.717, 1.165) is 25.3 Å². The monoisotopic (exact) mass is 551 g/mol. The zero-order valence-electron chi connectivity index (χ0n) is 23.4. The van der Waals surface area contributed by atoms with Crippen LogP contribution in [0.2, 0.25) is 25.7 Å². The van der Waals surface area contributed by atoms with Crippen LogP contribution in [0.25, 0.3) is 0 Å². The van der Waals surface area contributed by atoms with Gasteiger partial charge >= 0.3 is 0 Å². The molecule has 1 saturated heterocycles. The number of unbranched alkanes of at least 4 members (excludes halogenated alkanes) is 8. The minimum atomic E-state index is -1.59. The number of hydrogen-bond acceptors (Lipinski definition) is 9. The molecule has 0 aliphatic carbocycles. The highest BCUT2D eigenvalue weighted by Gasteiger charge is 2.44. The van der Waals surface area contributed by atoms with Crippen LogP contribution in [-0.4, -0.2) is 91.2 Å². The Morgan fingerprint density at radius 2 is 1.57 bits per heavy atom. The fourth-order valence-corrected chi connectivity index (χ4v) is 4.80. The van der Waals surface area contributed by atoms with Gasteiger partial charge in [-0.1, -0.05) is 84.4 Å². The Hall–Kier alpha value is -0.633. The van der Waals surface area contributed by atoms with Crippen molar-refractivity contribution in [2.45, 2.75) is 140 Å². The van der Waals surface area contributed by atoms with Gasteiger partial charge in [0.15, 0.2) is 0 Å². The van der Waals surface area contributed by atoms with Crippen LogP contribution in [0.3, 0.4) is 0 Å². The highest BCUT2D eigenvalue weighted by molar-refractivity contribution is 6.76. The summed E-state index contributed by atoms with van der Waals surface area (Å²) < 4.78 is 16.8. The minimum absolute atomic E-state index is 0.0336. The molecule has 1 amide bonds. The Morgan fingerprint density at radius 1 is 0.946 bits per heavy atom. The Balaban J connectivity index is 2.44. The molecule has 0 radical (unpaired) electrons. The first-order chi connectivity index (χ1) is 17.6. The van der Waals surface area contributed by atoms with Crippen LogP contribution in [0.4, 0.5) is 0 Å². The molecule has 1 unspecified atom stereocenters. The number of carbonyl (C=O) groups is 1. The standard InChI is InChI=1S/C26H53NO9Si/c1-5-6-7-8-9-10-11-12-13-14-20(34-19-33-15-16-37(2,3)4)17-22(29)27-36-26-25(32)24(31)23(30)21(18-28)35-26/h20-21,23-26,28,30-32H,5-19H2,1-4H3,(H,27,29)/t20?,21-,23-,24+,25-,26+/m1/s1. The topological polar surface area (TPSA) is 147 Å². The molecule has 37 heavy (non-hydrogen) atoms. The Labute approximate surface area is 224 Å². The fraction of sp³-hybridized carbons (Fsp3) is 0.962. The van der Waals surface area contributed by atoms with E-state index in [9.17, 15) is 25.2 Å². The number of hydrogen-bond donors (Lipinski definition) is 5. The molecular weight excluding hydrogens is 498 g/mol. The predicted octanol–water partition coefficient (Wildman–Crippen LogP) is 2.84. The van der Waals surface area contributed by atoms with Crippen molar-refractivity contribution in [1.82, 2.24) is 5.48 Å². The molecule has 1 heterocycles. The predicted molar refractivity (Wildman–Crippen MR) is 143 cm³/mol. The number of rotatable bonds is 21. The van der Waals surface area contributed by atoms with Crippen LogP contribution in [0.15, 0.2) is 0 Å². The molecule has 220 valence electrons. The molecule has 6 atom stereocenters. The van der Waals surface area contributed by atoms with Gasteiger partial charge in [0, 0.05) is 14.7 Å². The summed E-state index contributed by atoms with van der Waals surface area (Å²) in [6.07, 6.45) is 4.02. The van der Waals surface area contributed by atoms with E-state index in [0.29, 0.717) is 13.0 Å². The molecule has 0 saturated carbocycles. The quantitative estimate of drug-likeness (QED) is 0.0629. The molecule has 1 fully saturated rings. The average molecular weight is 552 g/mol. The summed E-state index contributed by atoms with van der Waals surface area (Å²) in [7, 11) is -1.20. The van der Waals surface area contributed by atoms with Crippen LogP contribution >= 0.6 is 0 Å². The van der Waals surface area contributed by atoms with E-state index in [1.807, 2.05) is 0 Å². The maximum absolute atomic E-state index is 12.5. The molecule has 1 rings (SSSR count). The molecule has 1 aliphatic heterocycles. The largest absolute Gasteiger partial charge is 0.394 e. The summed E-state index contributed by atoms with van der Waals surface area (Å²) in [6.45, 7) is 9.24. The van der Waals surface area contributed by atoms with Gasteiger partial charge in [0.1, 0.15) is 31.2 Å². The average Bonchev–Trinajstić information content (AvgIpc) is 2.84. The number of ether oxygens (including phenoxy) is 3. The highest BCUT2D eigenvalue weighted by Crippen LogP contribution is 2.21. The van der Waals surface area contributed by atoms with Gasteiger partial charge in [-0.2, -0.15) is 0 Å². The van der Waals surface area contributed by atoms with E-state index in [4.69, 9.17) is 19.0 Å². The number of aliphatic hydroxyl groups is 4. The fourth-order valence-electron chi connectivity index (χ4n) is 4.05. The second kappa shape index (κ2) is 19.4. The normalized spacial score (nSPS) is 25.2. The Morgan fingerprint density at radius 3 is 2.16 bits per heavy atom. The van der Waals surface area contributed by atoms with Crippen molar-refractivity contribution >= 4 is 14.0 Å². The van der Waals surface area contributed by atoms with Crippen LogP contribution < -0.4 is 5.48 Å². The number of carbonyl (C=O) groups excluding carboxylic acids is 1. The van der Waals surface area contributed by atoms with Crippen LogP contribution in [-0.2, 0) is 23.8 Å². The number of aliphatic hydroxyl groups excluding tert-OH is 4. The van der Waals surface area contributed by atoms with Gasteiger partial charge in [0.25, 0.3) is 0 Å². The molecule has 0 bridgehead atoms. The van der Waals surface area contributed by atoms with Crippen LogP contribution in [0, 0.1) is 0 Å². The Bertz CT molecular complexity index is 591. The van der Waals surface area contributed by atoms with Crippen LogP contribution in [0.5, 0.6) is 0 Å². The van der Waals surface area contributed by atoms with Crippen molar-refractivity contribution in [3.63, 3.8) is 0 Å². The van der Waals surface area contributed by atoms with Crippen molar-refractivity contribution in [2.24, 2.45) is 0 Å². The van der Waals surface area contributed by atoms with E-state index >= 15 is 0 Å². The molecular formula is C26H53NO9Si. The van der Waals surface area contributed by atoms with E-state index in [1.54, 1.807) is 0 Å². The molecule has 5 N–H and O–H groups in total. The molecule has 11 heteroatoms. The molecule has 10 nitrogen and oxygen atoms in total. The maximum Gasteiger partial charge on any atom is 0.246 e. The van der Waals surface area contributed by atoms with Gasteiger partial charge in [0.2, 0.25) is 12.2 Å². The highest BCUT2D eigenvalue weighted by atomic mass is 28.3. The first-order valence-electron chi connectivity index (χ1n) is 14.0. The van der Waals surface area contributed by atoms with Crippen molar-refractivity contribution in [2.75, 3.05) is 20.0 Å². The van der Waals surface area contributed by atoms with Crippen LogP contribution in [0.1, 0.15) is 77.6 Å². The lowest BCUT2D eigenvalue weighted by Gasteiger charge is -2.39. The zero-order valence-corrected chi connectivity index (χ0v) is 24.4. The zero-order chi connectivity index (χ0) is 27.7. The molecule has 0 aromatic heterocycles. The minimum Gasteiger partial charge on any atom is -0.394 e. The second-order valence-electron chi connectivity index (χ2n) is 11.3. The lowest BCUT2D eigenvalue weighted by atomic mass is 9.99. The van der Waals surface area contributed by atoms with E-state index < -0.39 is 51.3 Å². The first-order valence-corrected chi connectivity index (χ1v) is 17.7. The summed E-state index contributed by atoms with van der Waals surface area (Å²) in [6, 6.07) is 1.03. The lowest BCUT2D eigenvalue weighted by Crippen LogP contribution is -2.60. The van der Waals surface area contributed by atoms with Gasteiger partial charge in [0.05, 0.1) is 19.1 Å². The molecule has 1 aliphatic rings. The summed E-state index contributed by atoms with van der Waals surface area (Å²) in [5.41, 5.74) is 2.24. The number of amides is 1. The summed E-state index contributed by atoms with van der Waals surface area (Å²) in [5.74, 6) is -0.472. The van der Waals surface area contributed by atoms with Gasteiger partial charge in [-0.3, -0.25) is 4.79 Å². The third kappa shape index (κ3) is 15.5. The summed E-state index contributed by atoms with van der Waals surface area (Å²) in [4.78, 5) is 17.7. The number of nitrogens with one attached hydrogen (secondary N) is 1. The second-order valence-corrected chi connectivity index (χ2v) is 16.9. The van der Waals surface area contributed by atoms with Gasteiger partial charge in [-0.05, 0) is 12.5 Å². The summed E-state index contributed by atoms with van der Waals surface area (Å²) in [5, 5.41) is 39.1. The molecule has 0 aromatic rings. The van der Waals surface area contributed by atoms with Gasteiger partial charge < -0.3 is 34.6 Å². The van der Waals surface area contributed by atoms with Crippen molar-refractivity contribution in [3.8, 4) is 0 Å². The molecule has 0 spiro atoms. The Kier molecular flexibility index (Phi) is 18.1. The number of hydroxylamine groups is 1. The maximum atomic E-state index is 12.5. The van der Waals surface area contributed by atoms with Gasteiger partial charge in [-0.25, -0.2) is 10.3 Å². The van der Waals surface area contributed by atoms with Crippen molar-refractivity contribution < 1.29 is 44.3 Å². The van der Waals surface area contributed by atoms with E-state index in [2.05, 4.69) is 32.0 Å². The lowest BCUT2D eigenvalue weighted by molar-refractivity contribution is -0.313. The van der Waals surface area contributed by atoms with E-state index in [1.165, 1.54) is 38.5 Å². The van der Waals surface area contributed by atoms with Gasteiger partial charge in [-0.15, -0.1) is 0 Å². The third-order valence-electron chi connectivity index (χ3n) is 6.56. The molecule has 0 aromatic carbocycles.